The van der Waals surface area contributed by atoms with Gasteiger partial charge in [-0.25, -0.2) is 0 Å². The van der Waals surface area contributed by atoms with Crippen molar-refractivity contribution in [1.82, 2.24) is 4.98 Å². The summed E-state index contributed by atoms with van der Waals surface area (Å²) in [6.07, 6.45) is -1.85. The first kappa shape index (κ1) is 17.3. The van der Waals surface area contributed by atoms with E-state index in [2.05, 4.69) is 10.3 Å². The number of nitrogens with one attached hydrogen (secondary N) is 1. The van der Waals surface area contributed by atoms with Gasteiger partial charge in [0.25, 0.3) is 5.91 Å². The topological polar surface area (TPSA) is 42.0 Å². The summed E-state index contributed by atoms with van der Waals surface area (Å²) >= 11 is 5.56. The van der Waals surface area contributed by atoms with Crippen LogP contribution >= 0.6 is 24.0 Å². The molecule has 0 fully saturated rings. The van der Waals surface area contributed by atoms with Crippen LogP contribution in [0.15, 0.2) is 42.7 Å². The highest BCUT2D eigenvalue weighted by Crippen LogP contribution is 2.36. The Balaban J connectivity index is 0.00000220. The summed E-state index contributed by atoms with van der Waals surface area (Å²) in [7, 11) is 0. The monoisotopic (exact) mass is 336 g/mol. The van der Waals surface area contributed by atoms with Gasteiger partial charge in [0.15, 0.2) is 0 Å². The van der Waals surface area contributed by atoms with Gasteiger partial charge >= 0.3 is 6.18 Å². The SMILES string of the molecule is Cl.O=C(Nc1ccc(Cl)cc1C(F)(F)F)c1ccncc1. The fourth-order valence-electron chi connectivity index (χ4n) is 1.56. The molecule has 0 saturated heterocycles. The zero-order chi connectivity index (χ0) is 14.8. The number of aromatic nitrogens is 1. The van der Waals surface area contributed by atoms with Crippen LogP contribution in [0.25, 0.3) is 0 Å². The molecule has 1 N–H and O–H groups in total. The van der Waals surface area contributed by atoms with E-state index < -0.39 is 17.6 Å². The number of hydrogen-bond acceptors (Lipinski definition) is 2. The second-order valence-corrected chi connectivity index (χ2v) is 4.31. The third-order valence-corrected chi connectivity index (χ3v) is 2.71. The maximum Gasteiger partial charge on any atom is 0.418 e. The number of hydrogen-bond donors (Lipinski definition) is 1. The molecule has 112 valence electrons. The zero-order valence-electron chi connectivity index (χ0n) is 10.3. The van der Waals surface area contributed by atoms with Gasteiger partial charge in [-0.2, -0.15) is 13.2 Å². The lowest BCUT2D eigenvalue weighted by Gasteiger charge is -2.14. The lowest BCUT2D eigenvalue weighted by molar-refractivity contribution is -0.136. The van der Waals surface area contributed by atoms with E-state index in [1.807, 2.05) is 0 Å². The van der Waals surface area contributed by atoms with Crippen LogP contribution in [-0.2, 0) is 6.18 Å². The van der Waals surface area contributed by atoms with Crippen LogP contribution in [0, 0.1) is 0 Å². The number of halogens is 5. The number of rotatable bonds is 2. The van der Waals surface area contributed by atoms with Gasteiger partial charge in [0.2, 0.25) is 0 Å². The molecule has 0 aliphatic rings. The van der Waals surface area contributed by atoms with Gasteiger partial charge in [-0.05, 0) is 30.3 Å². The van der Waals surface area contributed by atoms with E-state index >= 15 is 0 Å². The third kappa shape index (κ3) is 4.34. The highest BCUT2D eigenvalue weighted by Gasteiger charge is 2.34. The van der Waals surface area contributed by atoms with E-state index in [1.165, 1.54) is 30.6 Å². The standard InChI is InChI=1S/C13H8ClF3N2O.ClH/c14-9-1-2-11(10(7-9)13(15,16)17)19-12(20)8-3-5-18-6-4-8;/h1-7H,(H,19,20);1H. The molecular weight excluding hydrogens is 328 g/mol. The maximum atomic E-state index is 12.9. The largest absolute Gasteiger partial charge is 0.418 e. The molecule has 0 unspecified atom stereocenters. The molecule has 3 nitrogen and oxygen atoms in total. The molecule has 1 amide bonds. The van der Waals surface area contributed by atoms with Crippen LogP contribution in [0.2, 0.25) is 5.02 Å². The van der Waals surface area contributed by atoms with Gasteiger partial charge in [-0.3, -0.25) is 9.78 Å². The fourth-order valence-corrected chi connectivity index (χ4v) is 1.73. The van der Waals surface area contributed by atoms with Gasteiger partial charge in [0.05, 0.1) is 11.3 Å². The minimum absolute atomic E-state index is 0. The van der Waals surface area contributed by atoms with Crippen LogP contribution in [0.1, 0.15) is 15.9 Å². The number of nitrogens with zero attached hydrogens (tertiary/aromatic N) is 1. The van der Waals surface area contributed by atoms with Crippen molar-refractivity contribution >= 4 is 35.6 Å². The number of alkyl halides is 3. The first-order chi connectivity index (χ1) is 9.38. The average molecular weight is 337 g/mol. The second kappa shape index (κ2) is 6.78. The molecule has 0 aliphatic heterocycles. The maximum absolute atomic E-state index is 12.9. The van der Waals surface area contributed by atoms with Crippen molar-refractivity contribution in [2.24, 2.45) is 0 Å². The first-order valence-electron chi connectivity index (χ1n) is 5.46. The summed E-state index contributed by atoms with van der Waals surface area (Å²) in [6.45, 7) is 0. The van der Waals surface area contributed by atoms with E-state index in [9.17, 15) is 18.0 Å². The predicted molar refractivity (Wildman–Crippen MR) is 75.9 cm³/mol. The first-order valence-corrected chi connectivity index (χ1v) is 5.84. The zero-order valence-corrected chi connectivity index (χ0v) is 11.9. The van der Waals surface area contributed by atoms with Crippen LogP contribution in [-0.4, -0.2) is 10.9 Å². The van der Waals surface area contributed by atoms with Crippen molar-refractivity contribution in [3.8, 4) is 0 Å². The molecule has 0 spiro atoms. The smallest absolute Gasteiger partial charge is 0.321 e. The van der Waals surface area contributed by atoms with E-state index in [1.54, 1.807) is 0 Å². The predicted octanol–water partition coefficient (Wildman–Crippen LogP) is 4.43. The molecule has 8 heteroatoms. The van der Waals surface area contributed by atoms with Gasteiger partial charge in [0.1, 0.15) is 0 Å². The molecule has 0 atom stereocenters. The van der Waals surface area contributed by atoms with Gasteiger partial charge in [0, 0.05) is 23.0 Å². The normalized spacial score (nSPS) is 10.7. The summed E-state index contributed by atoms with van der Waals surface area (Å²) in [5.41, 5.74) is -1.13. The van der Waals surface area contributed by atoms with Crippen molar-refractivity contribution in [2.75, 3.05) is 5.32 Å². The van der Waals surface area contributed by atoms with E-state index in [0.717, 1.165) is 12.1 Å². The molecular formula is C13H9Cl2F3N2O. The van der Waals surface area contributed by atoms with E-state index in [-0.39, 0.29) is 28.7 Å². The van der Waals surface area contributed by atoms with Crippen LogP contribution in [0.5, 0.6) is 0 Å². The fraction of sp³-hybridized carbons (Fsp3) is 0.0769. The minimum atomic E-state index is -4.61. The second-order valence-electron chi connectivity index (χ2n) is 3.88. The quantitative estimate of drug-likeness (QED) is 0.881. The Labute approximate surface area is 129 Å². The van der Waals surface area contributed by atoms with Gasteiger partial charge in [-0.1, -0.05) is 11.6 Å². The van der Waals surface area contributed by atoms with E-state index in [4.69, 9.17) is 11.6 Å². The summed E-state index contributed by atoms with van der Waals surface area (Å²) in [5, 5.41) is 2.16. The Bertz CT molecular complexity index is 633. The van der Waals surface area contributed by atoms with Gasteiger partial charge in [-0.15, -0.1) is 12.4 Å². The molecule has 0 saturated carbocycles. The van der Waals surface area contributed by atoms with Crippen molar-refractivity contribution in [3.05, 3.63) is 58.9 Å². The van der Waals surface area contributed by atoms with Crippen LogP contribution < -0.4 is 5.32 Å². The van der Waals surface area contributed by atoms with Crippen molar-refractivity contribution < 1.29 is 18.0 Å². The molecule has 0 radical (unpaired) electrons. The summed E-state index contributed by atoms with van der Waals surface area (Å²) < 4.78 is 38.6. The number of carbonyl (C=O) groups is 1. The third-order valence-electron chi connectivity index (χ3n) is 2.48. The number of pyridine rings is 1. The lowest BCUT2D eigenvalue weighted by atomic mass is 10.1. The Kier molecular flexibility index (Phi) is 5.57. The van der Waals surface area contributed by atoms with Gasteiger partial charge < -0.3 is 5.32 Å². The number of benzene rings is 1. The van der Waals surface area contributed by atoms with Crippen LogP contribution in [0.4, 0.5) is 18.9 Å². The Morgan fingerprint density at radius 2 is 1.76 bits per heavy atom. The Morgan fingerprint density at radius 1 is 1.14 bits per heavy atom. The molecule has 2 aromatic rings. The molecule has 1 aromatic heterocycles. The van der Waals surface area contributed by atoms with Crippen molar-refractivity contribution in [2.45, 2.75) is 6.18 Å². The lowest BCUT2D eigenvalue weighted by Crippen LogP contribution is -2.16. The minimum Gasteiger partial charge on any atom is -0.321 e. The molecule has 0 bridgehead atoms. The molecule has 0 aliphatic carbocycles. The highest BCUT2D eigenvalue weighted by atomic mass is 35.5. The average Bonchev–Trinajstić information content (AvgIpc) is 2.40. The molecule has 2 rings (SSSR count). The van der Waals surface area contributed by atoms with Crippen LogP contribution in [0.3, 0.4) is 0 Å². The molecule has 1 aromatic carbocycles. The number of carbonyl (C=O) groups excluding carboxylic acids is 1. The Morgan fingerprint density at radius 3 is 2.33 bits per heavy atom. The number of amides is 1. The number of anilines is 1. The summed E-state index contributed by atoms with van der Waals surface area (Å²) in [5.74, 6) is -0.653. The summed E-state index contributed by atoms with van der Waals surface area (Å²) in [4.78, 5) is 15.6. The summed E-state index contributed by atoms with van der Waals surface area (Å²) in [6, 6.07) is 5.96. The molecule has 1 heterocycles. The Hall–Kier alpha value is -1.79. The molecule has 21 heavy (non-hydrogen) atoms. The highest BCUT2D eigenvalue weighted by molar-refractivity contribution is 6.30. The van der Waals surface area contributed by atoms with Crippen molar-refractivity contribution in [3.63, 3.8) is 0 Å². The van der Waals surface area contributed by atoms with E-state index in [0.29, 0.717) is 0 Å². The van der Waals surface area contributed by atoms with Crippen molar-refractivity contribution in [1.29, 1.82) is 0 Å².